The molecule has 0 aliphatic heterocycles. The van der Waals surface area contributed by atoms with E-state index in [4.69, 9.17) is 11.6 Å². The quantitative estimate of drug-likeness (QED) is 0.822. The molecule has 0 bridgehead atoms. The minimum atomic E-state index is -0.847. The molecule has 1 aromatic rings. The van der Waals surface area contributed by atoms with Gasteiger partial charge in [0.2, 0.25) is 0 Å². The third-order valence-electron chi connectivity index (χ3n) is 3.29. The molecule has 0 unspecified atom stereocenters. The predicted octanol–water partition coefficient (Wildman–Crippen LogP) is 2.65. The molecule has 19 heavy (non-hydrogen) atoms. The van der Waals surface area contributed by atoms with Crippen LogP contribution in [0.2, 0.25) is 5.02 Å². The number of carbonyl (C=O) groups excluding carboxylic acids is 1. The molecule has 1 aliphatic rings. The van der Waals surface area contributed by atoms with Crippen molar-refractivity contribution in [3.63, 3.8) is 0 Å². The van der Waals surface area contributed by atoms with Crippen molar-refractivity contribution in [1.82, 2.24) is 5.32 Å². The van der Waals surface area contributed by atoms with Crippen molar-refractivity contribution in [2.24, 2.45) is 0 Å². The number of benzene rings is 1. The molecule has 0 heterocycles. The molecular formula is C13H14ClF2NO2. The Morgan fingerprint density at radius 3 is 2.47 bits per heavy atom. The molecule has 0 aromatic heterocycles. The SMILES string of the molecule is O=C(NC1CCC(O)CC1)c1cc(F)c(Cl)cc1F. The van der Waals surface area contributed by atoms with Gasteiger partial charge in [-0.1, -0.05) is 11.6 Å². The van der Waals surface area contributed by atoms with E-state index in [0.717, 1.165) is 12.1 Å². The Kier molecular flexibility index (Phi) is 4.37. The Balaban J connectivity index is 2.06. The molecule has 6 heteroatoms. The molecular weight excluding hydrogens is 276 g/mol. The molecule has 0 radical (unpaired) electrons. The van der Waals surface area contributed by atoms with E-state index in [9.17, 15) is 18.7 Å². The first-order chi connectivity index (χ1) is 8.97. The summed E-state index contributed by atoms with van der Waals surface area (Å²) in [5.41, 5.74) is -0.354. The van der Waals surface area contributed by atoms with Crippen molar-refractivity contribution in [1.29, 1.82) is 0 Å². The van der Waals surface area contributed by atoms with Gasteiger partial charge in [0.1, 0.15) is 11.6 Å². The summed E-state index contributed by atoms with van der Waals surface area (Å²) in [5, 5.41) is 11.6. The second kappa shape index (κ2) is 5.84. The van der Waals surface area contributed by atoms with E-state index in [1.165, 1.54) is 0 Å². The Labute approximate surface area is 114 Å². The summed E-state index contributed by atoms with van der Waals surface area (Å²) in [6, 6.07) is 1.47. The molecule has 1 saturated carbocycles. The van der Waals surface area contributed by atoms with E-state index < -0.39 is 17.5 Å². The van der Waals surface area contributed by atoms with Gasteiger partial charge in [0.05, 0.1) is 16.7 Å². The van der Waals surface area contributed by atoms with Crippen molar-refractivity contribution in [2.45, 2.75) is 37.8 Å². The first kappa shape index (κ1) is 14.2. The average molecular weight is 290 g/mol. The van der Waals surface area contributed by atoms with E-state index in [2.05, 4.69) is 5.32 Å². The second-order valence-corrected chi connectivity index (χ2v) is 5.13. The molecule has 0 saturated heterocycles. The van der Waals surface area contributed by atoms with Crippen LogP contribution >= 0.6 is 11.6 Å². The summed E-state index contributed by atoms with van der Waals surface area (Å²) in [6.07, 6.45) is 2.12. The van der Waals surface area contributed by atoms with E-state index in [-0.39, 0.29) is 22.7 Å². The molecule has 2 N–H and O–H groups in total. The summed E-state index contributed by atoms with van der Waals surface area (Å²) in [7, 11) is 0. The number of hydrogen-bond donors (Lipinski definition) is 2. The van der Waals surface area contributed by atoms with Crippen molar-refractivity contribution in [2.75, 3.05) is 0 Å². The maximum Gasteiger partial charge on any atom is 0.254 e. The van der Waals surface area contributed by atoms with Gasteiger partial charge in [-0.05, 0) is 37.8 Å². The van der Waals surface area contributed by atoms with Crippen molar-refractivity contribution >= 4 is 17.5 Å². The molecule has 1 aromatic carbocycles. The van der Waals surface area contributed by atoms with E-state index in [1.807, 2.05) is 0 Å². The standard InChI is InChI=1S/C13H14ClF2NO2/c14-10-6-11(15)9(5-12(10)16)13(19)17-7-1-3-8(18)4-2-7/h5-8,18H,1-4H2,(H,17,19). The first-order valence-corrected chi connectivity index (χ1v) is 6.48. The molecule has 1 amide bonds. The van der Waals surface area contributed by atoms with Crippen LogP contribution < -0.4 is 5.32 Å². The topological polar surface area (TPSA) is 49.3 Å². The van der Waals surface area contributed by atoms with E-state index in [1.54, 1.807) is 0 Å². The number of nitrogens with one attached hydrogen (secondary N) is 1. The van der Waals surface area contributed by atoms with Crippen molar-refractivity contribution in [3.05, 3.63) is 34.4 Å². The van der Waals surface area contributed by atoms with Crippen LogP contribution in [-0.2, 0) is 0 Å². The lowest BCUT2D eigenvalue weighted by Gasteiger charge is -2.26. The van der Waals surface area contributed by atoms with Crippen LogP contribution in [0.5, 0.6) is 0 Å². The normalized spacial score (nSPS) is 23.2. The number of amides is 1. The van der Waals surface area contributed by atoms with Gasteiger partial charge in [-0.3, -0.25) is 4.79 Å². The lowest BCUT2D eigenvalue weighted by molar-refractivity contribution is 0.0863. The minimum Gasteiger partial charge on any atom is -0.393 e. The maximum absolute atomic E-state index is 13.5. The van der Waals surface area contributed by atoms with Crippen LogP contribution in [-0.4, -0.2) is 23.2 Å². The monoisotopic (exact) mass is 289 g/mol. The average Bonchev–Trinajstić information content (AvgIpc) is 2.36. The fourth-order valence-corrected chi connectivity index (χ4v) is 2.33. The zero-order valence-corrected chi connectivity index (χ0v) is 10.9. The third kappa shape index (κ3) is 3.42. The summed E-state index contributed by atoms with van der Waals surface area (Å²) >= 11 is 5.42. The van der Waals surface area contributed by atoms with Crippen LogP contribution in [0.3, 0.4) is 0 Å². The highest BCUT2D eigenvalue weighted by Crippen LogP contribution is 2.21. The highest BCUT2D eigenvalue weighted by atomic mass is 35.5. The van der Waals surface area contributed by atoms with Gasteiger partial charge in [-0.25, -0.2) is 8.78 Å². The van der Waals surface area contributed by atoms with Crippen LogP contribution in [0, 0.1) is 11.6 Å². The smallest absolute Gasteiger partial charge is 0.254 e. The predicted molar refractivity (Wildman–Crippen MR) is 67.1 cm³/mol. The van der Waals surface area contributed by atoms with Gasteiger partial charge in [-0.2, -0.15) is 0 Å². The molecule has 104 valence electrons. The van der Waals surface area contributed by atoms with Gasteiger partial charge in [-0.15, -0.1) is 0 Å². The summed E-state index contributed by atoms with van der Waals surface area (Å²) < 4.78 is 26.8. The molecule has 0 atom stereocenters. The Hall–Kier alpha value is -1.20. The zero-order valence-electron chi connectivity index (χ0n) is 10.1. The highest BCUT2D eigenvalue weighted by Gasteiger charge is 2.23. The second-order valence-electron chi connectivity index (χ2n) is 4.73. The first-order valence-electron chi connectivity index (χ1n) is 6.11. The number of halogens is 3. The third-order valence-corrected chi connectivity index (χ3v) is 3.58. The van der Waals surface area contributed by atoms with Gasteiger partial charge in [0.25, 0.3) is 5.91 Å². The molecule has 0 spiro atoms. The Morgan fingerprint density at radius 1 is 1.21 bits per heavy atom. The lowest BCUT2D eigenvalue weighted by atomic mass is 9.93. The van der Waals surface area contributed by atoms with Crippen molar-refractivity contribution in [3.8, 4) is 0 Å². The van der Waals surface area contributed by atoms with Crippen LogP contribution in [0.15, 0.2) is 12.1 Å². The van der Waals surface area contributed by atoms with Gasteiger partial charge < -0.3 is 10.4 Å². The molecule has 1 aliphatic carbocycles. The lowest BCUT2D eigenvalue weighted by Crippen LogP contribution is -2.38. The maximum atomic E-state index is 13.5. The van der Waals surface area contributed by atoms with Crippen LogP contribution in [0.25, 0.3) is 0 Å². The number of carbonyl (C=O) groups is 1. The number of hydrogen-bond acceptors (Lipinski definition) is 2. The van der Waals surface area contributed by atoms with Crippen LogP contribution in [0.4, 0.5) is 8.78 Å². The Bertz CT molecular complexity index is 488. The van der Waals surface area contributed by atoms with Crippen molar-refractivity contribution < 1.29 is 18.7 Å². The minimum absolute atomic E-state index is 0.117. The summed E-state index contributed by atoms with van der Waals surface area (Å²) in [4.78, 5) is 11.9. The summed E-state index contributed by atoms with van der Waals surface area (Å²) in [6.45, 7) is 0. The largest absolute Gasteiger partial charge is 0.393 e. The fourth-order valence-electron chi connectivity index (χ4n) is 2.18. The van der Waals surface area contributed by atoms with Gasteiger partial charge >= 0.3 is 0 Å². The van der Waals surface area contributed by atoms with Crippen LogP contribution in [0.1, 0.15) is 36.0 Å². The number of rotatable bonds is 2. The zero-order chi connectivity index (χ0) is 14.0. The van der Waals surface area contributed by atoms with E-state index >= 15 is 0 Å². The van der Waals surface area contributed by atoms with E-state index in [0.29, 0.717) is 25.7 Å². The van der Waals surface area contributed by atoms with Gasteiger partial charge in [0, 0.05) is 6.04 Å². The molecule has 3 nitrogen and oxygen atoms in total. The fraction of sp³-hybridized carbons (Fsp3) is 0.462. The molecule has 1 fully saturated rings. The highest BCUT2D eigenvalue weighted by molar-refractivity contribution is 6.30. The molecule has 2 rings (SSSR count). The number of aliphatic hydroxyl groups is 1. The Morgan fingerprint density at radius 2 is 1.84 bits per heavy atom. The summed E-state index contributed by atoms with van der Waals surface area (Å²) in [5.74, 6) is -2.33. The van der Waals surface area contributed by atoms with Gasteiger partial charge in [0.15, 0.2) is 0 Å². The number of aliphatic hydroxyl groups excluding tert-OH is 1.